The molecular formula is C11H8N2O3S. The van der Waals surface area contributed by atoms with Crippen molar-refractivity contribution >= 4 is 34.1 Å². The number of thiophene rings is 1. The molecule has 0 aliphatic heterocycles. The molecule has 0 spiro atoms. The normalized spacial score (nSPS) is 9.88. The van der Waals surface area contributed by atoms with E-state index in [-0.39, 0.29) is 5.69 Å². The zero-order chi connectivity index (χ0) is 12.3. The van der Waals surface area contributed by atoms with E-state index in [9.17, 15) is 14.9 Å². The fourth-order valence-corrected chi connectivity index (χ4v) is 2.10. The van der Waals surface area contributed by atoms with Gasteiger partial charge in [-0.05, 0) is 29.6 Å². The molecule has 17 heavy (non-hydrogen) atoms. The SMILES string of the molecule is O=CN(c1ccc([N+](=O)[O-])cc1)c1cccs1. The minimum Gasteiger partial charge on any atom is -0.278 e. The van der Waals surface area contributed by atoms with E-state index in [0.717, 1.165) is 5.00 Å². The van der Waals surface area contributed by atoms with E-state index < -0.39 is 4.92 Å². The summed E-state index contributed by atoms with van der Waals surface area (Å²) in [5.74, 6) is 0. The number of rotatable bonds is 4. The lowest BCUT2D eigenvalue weighted by atomic mass is 10.2. The molecule has 0 saturated heterocycles. The van der Waals surface area contributed by atoms with Gasteiger partial charge in [0.1, 0.15) is 5.00 Å². The minimum atomic E-state index is -0.472. The highest BCUT2D eigenvalue weighted by Crippen LogP contribution is 2.29. The number of benzene rings is 1. The molecule has 5 nitrogen and oxygen atoms in total. The van der Waals surface area contributed by atoms with Gasteiger partial charge in [-0.2, -0.15) is 0 Å². The molecule has 0 aliphatic rings. The Labute approximate surface area is 101 Å². The first-order chi connectivity index (χ1) is 8.22. The number of carbonyl (C=O) groups is 1. The fourth-order valence-electron chi connectivity index (χ4n) is 1.38. The third-order valence-corrected chi connectivity index (χ3v) is 3.06. The number of hydrogen-bond acceptors (Lipinski definition) is 4. The third kappa shape index (κ3) is 2.31. The predicted octanol–water partition coefficient (Wildman–Crippen LogP) is 2.95. The number of anilines is 2. The van der Waals surface area contributed by atoms with Gasteiger partial charge in [0.15, 0.2) is 0 Å². The molecule has 1 heterocycles. The molecule has 2 aromatic rings. The predicted molar refractivity (Wildman–Crippen MR) is 65.6 cm³/mol. The highest BCUT2D eigenvalue weighted by molar-refractivity contribution is 7.14. The van der Waals surface area contributed by atoms with Gasteiger partial charge in [0.2, 0.25) is 6.41 Å². The first-order valence-corrected chi connectivity index (χ1v) is 5.63. The van der Waals surface area contributed by atoms with Gasteiger partial charge in [0.05, 0.1) is 4.92 Å². The molecule has 1 aromatic heterocycles. The Kier molecular flexibility index (Phi) is 3.15. The van der Waals surface area contributed by atoms with Crippen LogP contribution >= 0.6 is 11.3 Å². The Balaban J connectivity index is 2.32. The second-order valence-corrected chi connectivity index (χ2v) is 4.13. The van der Waals surface area contributed by atoms with Gasteiger partial charge in [-0.25, -0.2) is 0 Å². The highest BCUT2D eigenvalue weighted by atomic mass is 32.1. The Hall–Kier alpha value is -2.21. The second-order valence-electron chi connectivity index (χ2n) is 3.20. The molecule has 0 bridgehead atoms. The maximum absolute atomic E-state index is 11.0. The third-order valence-electron chi connectivity index (χ3n) is 2.19. The monoisotopic (exact) mass is 248 g/mol. The molecule has 0 radical (unpaired) electrons. The Morgan fingerprint density at radius 3 is 2.41 bits per heavy atom. The van der Waals surface area contributed by atoms with Crippen LogP contribution in [0.15, 0.2) is 41.8 Å². The maximum Gasteiger partial charge on any atom is 0.269 e. The van der Waals surface area contributed by atoms with E-state index in [1.54, 1.807) is 18.2 Å². The number of amides is 1. The first-order valence-electron chi connectivity index (χ1n) is 4.75. The van der Waals surface area contributed by atoms with Crippen LogP contribution in [0.3, 0.4) is 0 Å². The molecule has 86 valence electrons. The maximum atomic E-state index is 11.0. The molecule has 2 rings (SSSR count). The molecule has 0 aliphatic carbocycles. The highest BCUT2D eigenvalue weighted by Gasteiger charge is 2.11. The van der Waals surface area contributed by atoms with Crippen LogP contribution in [-0.4, -0.2) is 11.3 Å². The van der Waals surface area contributed by atoms with Crippen molar-refractivity contribution in [1.82, 2.24) is 0 Å². The second kappa shape index (κ2) is 4.75. The molecule has 0 unspecified atom stereocenters. The summed E-state index contributed by atoms with van der Waals surface area (Å²) in [6.07, 6.45) is 0.688. The van der Waals surface area contributed by atoms with E-state index in [2.05, 4.69) is 0 Å². The number of hydrogen-bond donors (Lipinski definition) is 0. The average molecular weight is 248 g/mol. The molecular weight excluding hydrogens is 240 g/mol. The van der Waals surface area contributed by atoms with Crippen LogP contribution in [0.25, 0.3) is 0 Å². The minimum absolute atomic E-state index is 0.00535. The van der Waals surface area contributed by atoms with Crippen LogP contribution in [-0.2, 0) is 4.79 Å². The van der Waals surface area contributed by atoms with E-state index in [4.69, 9.17) is 0 Å². The largest absolute Gasteiger partial charge is 0.278 e. The fraction of sp³-hybridized carbons (Fsp3) is 0. The van der Waals surface area contributed by atoms with Crippen molar-refractivity contribution in [3.05, 3.63) is 51.9 Å². The molecule has 0 saturated carbocycles. The summed E-state index contributed by atoms with van der Waals surface area (Å²) >= 11 is 1.42. The van der Waals surface area contributed by atoms with Gasteiger partial charge in [-0.15, -0.1) is 11.3 Å². The Morgan fingerprint density at radius 1 is 1.24 bits per heavy atom. The van der Waals surface area contributed by atoms with Crippen molar-refractivity contribution < 1.29 is 9.72 Å². The number of nitro groups is 1. The molecule has 0 N–H and O–H groups in total. The average Bonchev–Trinajstić information content (AvgIpc) is 2.84. The van der Waals surface area contributed by atoms with Gasteiger partial charge < -0.3 is 0 Å². The summed E-state index contributed by atoms with van der Waals surface area (Å²) in [6, 6.07) is 9.49. The van der Waals surface area contributed by atoms with Crippen molar-refractivity contribution in [2.24, 2.45) is 0 Å². The van der Waals surface area contributed by atoms with Gasteiger partial charge in [-0.1, -0.05) is 0 Å². The van der Waals surface area contributed by atoms with Crippen LogP contribution in [0.2, 0.25) is 0 Å². The van der Waals surface area contributed by atoms with Crippen molar-refractivity contribution in [2.45, 2.75) is 0 Å². The van der Waals surface area contributed by atoms with Gasteiger partial charge in [-0.3, -0.25) is 19.8 Å². The van der Waals surface area contributed by atoms with Gasteiger partial charge in [0, 0.05) is 17.8 Å². The lowest BCUT2D eigenvalue weighted by Crippen LogP contribution is -2.12. The van der Waals surface area contributed by atoms with Crippen LogP contribution in [0.1, 0.15) is 0 Å². The summed E-state index contributed by atoms with van der Waals surface area (Å²) in [7, 11) is 0. The molecule has 6 heteroatoms. The van der Waals surface area contributed by atoms with Gasteiger partial charge in [0.25, 0.3) is 5.69 Å². The standard InChI is InChI=1S/C11H8N2O3S/c14-8-12(11-2-1-7-17-11)9-3-5-10(6-4-9)13(15)16/h1-8H. The molecule has 1 amide bonds. The molecule has 0 fully saturated rings. The van der Waals surface area contributed by atoms with Crippen molar-refractivity contribution in [2.75, 3.05) is 4.90 Å². The Morgan fingerprint density at radius 2 is 1.94 bits per heavy atom. The van der Waals surface area contributed by atoms with Crippen molar-refractivity contribution in [1.29, 1.82) is 0 Å². The summed E-state index contributed by atoms with van der Waals surface area (Å²) in [5, 5.41) is 13.1. The van der Waals surface area contributed by atoms with Crippen LogP contribution in [0.5, 0.6) is 0 Å². The summed E-state index contributed by atoms with van der Waals surface area (Å²) in [5.41, 5.74) is 0.610. The van der Waals surface area contributed by atoms with E-state index >= 15 is 0 Å². The quantitative estimate of drug-likeness (QED) is 0.474. The van der Waals surface area contributed by atoms with E-state index in [1.165, 1.54) is 28.4 Å². The zero-order valence-electron chi connectivity index (χ0n) is 8.65. The summed E-state index contributed by atoms with van der Waals surface area (Å²) in [4.78, 5) is 22.5. The van der Waals surface area contributed by atoms with Crippen molar-refractivity contribution in [3.8, 4) is 0 Å². The van der Waals surface area contributed by atoms with Gasteiger partial charge >= 0.3 is 0 Å². The number of nitrogens with zero attached hydrogens (tertiary/aromatic N) is 2. The van der Waals surface area contributed by atoms with E-state index in [1.807, 2.05) is 11.4 Å². The van der Waals surface area contributed by atoms with Crippen molar-refractivity contribution in [3.63, 3.8) is 0 Å². The summed E-state index contributed by atoms with van der Waals surface area (Å²) < 4.78 is 0. The first kappa shape index (κ1) is 11.3. The van der Waals surface area contributed by atoms with E-state index in [0.29, 0.717) is 12.1 Å². The topological polar surface area (TPSA) is 63.5 Å². The zero-order valence-corrected chi connectivity index (χ0v) is 9.46. The van der Waals surface area contributed by atoms with Crippen LogP contribution in [0, 0.1) is 10.1 Å². The number of non-ortho nitro benzene ring substituents is 1. The number of carbonyl (C=O) groups excluding carboxylic acids is 1. The van der Waals surface area contributed by atoms with Crippen LogP contribution in [0.4, 0.5) is 16.4 Å². The molecule has 0 atom stereocenters. The smallest absolute Gasteiger partial charge is 0.269 e. The van der Waals surface area contributed by atoms with Crippen LogP contribution < -0.4 is 4.90 Å². The lowest BCUT2D eigenvalue weighted by molar-refractivity contribution is -0.384. The number of nitro benzene ring substituents is 1. The Bertz CT molecular complexity index is 522. The lowest BCUT2D eigenvalue weighted by Gasteiger charge is -2.14. The molecule has 1 aromatic carbocycles. The summed E-state index contributed by atoms with van der Waals surface area (Å²) in [6.45, 7) is 0.